The summed E-state index contributed by atoms with van der Waals surface area (Å²) in [5, 5.41) is 9.68. The summed E-state index contributed by atoms with van der Waals surface area (Å²) in [4.78, 5) is 25.5. The number of hydrogen-bond acceptors (Lipinski definition) is 3. The van der Waals surface area contributed by atoms with Gasteiger partial charge in [-0.1, -0.05) is 18.2 Å². The van der Waals surface area contributed by atoms with E-state index in [1.165, 1.54) is 0 Å². The number of ketones is 1. The summed E-state index contributed by atoms with van der Waals surface area (Å²) in [6.45, 7) is 0. The van der Waals surface area contributed by atoms with Crippen LogP contribution < -0.4 is 5.73 Å². The number of nitrogens with one attached hydrogen (secondary N) is 1. The quantitative estimate of drug-likeness (QED) is 0.718. The van der Waals surface area contributed by atoms with Crippen LogP contribution in [0.2, 0.25) is 0 Å². The molecule has 4 N–H and O–H groups in total. The molecular weight excluding hydrogens is 256 g/mol. The first-order chi connectivity index (χ1) is 9.56. The zero-order chi connectivity index (χ0) is 14.5. The number of carboxylic acid groups (broad SMARTS) is 1. The van der Waals surface area contributed by atoms with E-state index in [4.69, 9.17) is 10.8 Å². The van der Waals surface area contributed by atoms with Crippen LogP contribution in [0.5, 0.6) is 0 Å². The van der Waals surface area contributed by atoms with E-state index in [1.807, 2.05) is 30.3 Å². The first-order valence-corrected chi connectivity index (χ1v) is 6.63. The molecule has 106 valence electrons. The van der Waals surface area contributed by atoms with Gasteiger partial charge < -0.3 is 15.8 Å². The Morgan fingerprint density at radius 3 is 2.70 bits per heavy atom. The number of carbonyl (C=O) groups excluding carboxylic acids is 1. The summed E-state index contributed by atoms with van der Waals surface area (Å²) in [6, 6.07) is 9.25. The zero-order valence-electron chi connectivity index (χ0n) is 11.1. The highest BCUT2D eigenvalue weighted by atomic mass is 16.4. The standard InChI is InChI=1S/C15H18N2O3/c16-12(6-8-15(19)20)14(18)7-5-11-9-10-3-1-2-4-13(10)17-11/h1-4,9,12,17H,5-8,16H2,(H,19,20). The van der Waals surface area contributed by atoms with Crippen LogP contribution in [0.4, 0.5) is 0 Å². The highest BCUT2D eigenvalue weighted by Crippen LogP contribution is 2.16. The molecule has 2 rings (SSSR count). The van der Waals surface area contributed by atoms with Crippen LogP contribution in [0.3, 0.4) is 0 Å². The molecule has 0 radical (unpaired) electrons. The molecule has 0 bridgehead atoms. The molecule has 5 nitrogen and oxygen atoms in total. The van der Waals surface area contributed by atoms with E-state index < -0.39 is 12.0 Å². The number of para-hydroxylation sites is 1. The number of Topliss-reactive ketones (excluding diaryl/α,β-unsaturated/α-hetero) is 1. The minimum Gasteiger partial charge on any atom is -0.481 e. The van der Waals surface area contributed by atoms with Gasteiger partial charge in [-0.05, 0) is 30.4 Å². The number of H-pyrrole nitrogens is 1. The molecule has 5 heteroatoms. The first-order valence-electron chi connectivity index (χ1n) is 6.63. The summed E-state index contributed by atoms with van der Waals surface area (Å²) in [5.41, 5.74) is 7.72. The molecule has 0 aliphatic carbocycles. The number of benzene rings is 1. The topological polar surface area (TPSA) is 96.2 Å². The van der Waals surface area contributed by atoms with Crippen LogP contribution in [0.25, 0.3) is 10.9 Å². The van der Waals surface area contributed by atoms with E-state index in [9.17, 15) is 9.59 Å². The minimum absolute atomic E-state index is 0.0701. The zero-order valence-corrected chi connectivity index (χ0v) is 11.1. The molecule has 1 aromatic heterocycles. The number of nitrogens with two attached hydrogens (primary N) is 1. The number of aromatic nitrogens is 1. The van der Waals surface area contributed by atoms with Crippen molar-refractivity contribution in [2.75, 3.05) is 0 Å². The minimum atomic E-state index is -0.927. The first kappa shape index (κ1) is 14.3. The summed E-state index contributed by atoms with van der Waals surface area (Å²) in [7, 11) is 0. The van der Waals surface area contributed by atoms with Gasteiger partial charge in [-0.2, -0.15) is 0 Å². The lowest BCUT2D eigenvalue weighted by Gasteiger charge is -2.08. The third-order valence-corrected chi connectivity index (χ3v) is 3.31. The van der Waals surface area contributed by atoms with Gasteiger partial charge in [-0.25, -0.2) is 0 Å². The van der Waals surface area contributed by atoms with Crippen LogP contribution >= 0.6 is 0 Å². The average molecular weight is 274 g/mol. The summed E-state index contributed by atoms with van der Waals surface area (Å²) < 4.78 is 0. The van der Waals surface area contributed by atoms with Crippen molar-refractivity contribution in [2.24, 2.45) is 5.73 Å². The molecule has 0 spiro atoms. The van der Waals surface area contributed by atoms with E-state index >= 15 is 0 Å². The summed E-state index contributed by atoms with van der Waals surface area (Å²) in [6.07, 6.45) is 1.04. The number of rotatable bonds is 7. The van der Waals surface area contributed by atoms with E-state index in [1.54, 1.807) is 0 Å². The fourth-order valence-corrected chi connectivity index (χ4v) is 2.15. The second-order valence-electron chi connectivity index (χ2n) is 4.89. The van der Waals surface area contributed by atoms with Gasteiger partial charge in [0.05, 0.1) is 6.04 Å². The Morgan fingerprint density at radius 1 is 1.25 bits per heavy atom. The van der Waals surface area contributed by atoms with Crippen LogP contribution in [-0.4, -0.2) is 27.9 Å². The number of aryl methyl sites for hydroxylation is 1. The molecule has 1 unspecified atom stereocenters. The fourth-order valence-electron chi connectivity index (χ4n) is 2.15. The van der Waals surface area contributed by atoms with Gasteiger partial charge in [-0.3, -0.25) is 9.59 Å². The second-order valence-corrected chi connectivity index (χ2v) is 4.89. The third-order valence-electron chi connectivity index (χ3n) is 3.31. The molecule has 1 heterocycles. The van der Waals surface area contributed by atoms with Crippen molar-refractivity contribution in [3.8, 4) is 0 Å². The van der Waals surface area contributed by atoms with E-state index in [-0.39, 0.29) is 18.6 Å². The number of hydrogen-bond donors (Lipinski definition) is 3. The van der Waals surface area contributed by atoms with Crippen molar-refractivity contribution >= 4 is 22.7 Å². The van der Waals surface area contributed by atoms with Gasteiger partial charge in [-0.15, -0.1) is 0 Å². The average Bonchev–Trinajstić information content (AvgIpc) is 2.84. The maximum absolute atomic E-state index is 11.8. The van der Waals surface area contributed by atoms with E-state index in [0.717, 1.165) is 16.6 Å². The van der Waals surface area contributed by atoms with E-state index in [0.29, 0.717) is 12.8 Å². The van der Waals surface area contributed by atoms with Crippen molar-refractivity contribution in [1.29, 1.82) is 0 Å². The maximum Gasteiger partial charge on any atom is 0.303 e. The molecule has 0 saturated heterocycles. The van der Waals surface area contributed by atoms with E-state index in [2.05, 4.69) is 4.98 Å². The van der Waals surface area contributed by atoms with Crippen molar-refractivity contribution in [3.05, 3.63) is 36.0 Å². The Labute approximate surface area is 116 Å². The molecule has 0 amide bonds. The molecule has 1 aromatic carbocycles. The van der Waals surface area contributed by atoms with Gasteiger partial charge in [0.25, 0.3) is 0 Å². The van der Waals surface area contributed by atoms with Crippen LogP contribution in [0.1, 0.15) is 25.0 Å². The second kappa shape index (κ2) is 6.34. The van der Waals surface area contributed by atoms with Crippen LogP contribution in [0, 0.1) is 0 Å². The Kier molecular flexibility index (Phi) is 4.53. The molecule has 0 aliphatic rings. The summed E-state index contributed by atoms with van der Waals surface area (Å²) >= 11 is 0. The molecule has 20 heavy (non-hydrogen) atoms. The largest absolute Gasteiger partial charge is 0.481 e. The lowest BCUT2D eigenvalue weighted by Crippen LogP contribution is -2.31. The number of aliphatic carboxylic acids is 1. The molecule has 0 aliphatic heterocycles. The van der Waals surface area contributed by atoms with Crippen LogP contribution in [0.15, 0.2) is 30.3 Å². The molecular formula is C15H18N2O3. The summed E-state index contributed by atoms with van der Waals surface area (Å²) in [5.74, 6) is -1.02. The Bertz CT molecular complexity index is 585. The molecule has 0 saturated carbocycles. The highest BCUT2D eigenvalue weighted by molar-refractivity contribution is 5.85. The predicted molar refractivity (Wildman–Crippen MR) is 76.5 cm³/mol. The predicted octanol–water partition coefficient (Wildman–Crippen LogP) is 1.86. The normalized spacial score (nSPS) is 12.4. The number of aromatic amines is 1. The van der Waals surface area contributed by atoms with Crippen molar-refractivity contribution < 1.29 is 14.7 Å². The van der Waals surface area contributed by atoms with Gasteiger partial charge in [0.2, 0.25) is 0 Å². The van der Waals surface area contributed by atoms with Gasteiger partial charge in [0, 0.05) is 24.1 Å². The highest BCUT2D eigenvalue weighted by Gasteiger charge is 2.15. The number of fused-ring (bicyclic) bond motifs is 1. The van der Waals surface area contributed by atoms with Crippen molar-refractivity contribution in [3.63, 3.8) is 0 Å². The molecule has 1 atom stereocenters. The maximum atomic E-state index is 11.8. The lowest BCUT2D eigenvalue weighted by molar-refractivity contribution is -0.137. The van der Waals surface area contributed by atoms with Crippen molar-refractivity contribution in [2.45, 2.75) is 31.7 Å². The van der Waals surface area contributed by atoms with Crippen molar-refractivity contribution in [1.82, 2.24) is 4.98 Å². The lowest BCUT2D eigenvalue weighted by atomic mass is 10.0. The van der Waals surface area contributed by atoms with Gasteiger partial charge in [0.1, 0.15) is 5.78 Å². The van der Waals surface area contributed by atoms with Gasteiger partial charge in [0.15, 0.2) is 0 Å². The monoisotopic (exact) mass is 274 g/mol. The Hall–Kier alpha value is -2.14. The number of carbonyl (C=O) groups is 2. The molecule has 0 fully saturated rings. The number of carboxylic acids is 1. The third kappa shape index (κ3) is 3.68. The molecule has 2 aromatic rings. The Balaban J connectivity index is 1.87. The smallest absolute Gasteiger partial charge is 0.303 e. The SMILES string of the molecule is NC(CCC(=O)O)C(=O)CCc1cc2ccccc2[nH]1. The fraction of sp³-hybridized carbons (Fsp3) is 0.333. The van der Waals surface area contributed by atoms with Gasteiger partial charge >= 0.3 is 5.97 Å². The Morgan fingerprint density at radius 2 is 2.00 bits per heavy atom. The van der Waals surface area contributed by atoms with Crippen LogP contribution in [-0.2, 0) is 16.0 Å².